The van der Waals surface area contributed by atoms with E-state index < -0.39 is 0 Å². The lowest BCUT2D eigenvalue weighted by Gasteiger charge is -2.01. The van der Waals surface area contributed by atoms with Crippen molar-refractivity contribution in [3.63, 3.8) is 0 Å². The van der Waals surface area contributed by atoms with Gasteiger partial charge in [0, 0.05) is 11.9 Å². The van der Waals surface area contributed by atoms with Crippen molar-refractivity contribution in [2.45, 2.75) is 20.0 Å². The summed E-state index contributed by atoms with van der Waals surface area (Å²) in [6.45, 7) is 1.99. The molecule has 1 aromatic heterocycles. The van der Waals surface area contributed by atoms with E-state index in [2.05, 4.69) is 4.98 Å². The van der Waals surface area contributed by atoms with Crippen LogP contribution in [-0.4, -0.2) is 10.1 Å². The Morgan fingerprint density at radius 3 is 2.91 bits per heavy atom. The Morgan fingerprint density at radius 1 is 1.64 bits per heavy atom. The van der Waals surface area contributed by atoms with Crippen molar-refractivity contribution in [2.24, 2.45) is 0 Å². The van der Waals surface area contributed by atoms with E-state index in [1.807, 2.05) is 13.0 Å². The molecule has 1 heterocycles. The quantitative estimate of drug-likeness (QED) is 0.736. The molecular weight excluding hydrogens is 162 g/mol. The smallest absolute Gasteiger partial charge is 0.0697 e. The normalized spacial score (nSPS) is 10.1. The number of aliphatic hydroxyl groups excluding tert-OH is 1. The van der Waals surface area contributed by atoms with Crippen LogP contribution in [0.15, 0.2) is 12.3 Å². The first kappa shape index (κ1) is 8.50. The van der Waals surface area contributed by atoms with Crippen molar-refractivity contribution < 1.29 is 5.11 Å². The summed E-state index contributed by atoms with van der Waals surface area (Å²) in [5, 5.41) is 9.36. The predicted molar refractivity (Wildman–Crippen MR) is 44.5 cm³/mol. The molecule has 1 aromatic rings. The van der Waals surface area contributed by atoms with Crippen LogP contribution in [0.5, 0.6) is 0 Å². The molecule has 11 heavy (non-hydrogen) atoms. The summed E-state index contributed by atoms with van der Waals surface area (Å²) in [6, 6.07) is 1.82. The molecule has 0 bridgehead atoms. The molecule has 0 saturated carbocycles. The van der Waals surface area contributed by atoms with E-state index in [1.54, 1.807) is 6.20 Å². The first-order valence-electron chi connectivity index (χ1n) is 3.52. The van der Waals surface area contributed by atoms with Crippen LogP contribution < -0.4 is 0 Å². The molecule has 0 saturated heterocycles. The molecule has 60 valence electrons. The van der Waals surface area contributed by atoms with Crippen LogP contribution in [-0.2, 0) is 13.0 Å². The highest BCUT2D eigenvalue weighted by Crippen LogP contribution is 2.15. The Balaban J connectivity index is 3.02. The van der Waals surface area contributed by atoms with E-state index in [0.717, 1.165) is 17.7 Å². The largest absolute Gasteiger partial charge is 0.392 e. The van der Waals surface area contributed by atoms with Crippen LogP contribution in [0.2, 0.25) is 5.02 Å². The van der Waals surface area contributed by atoms with E-state index in [9.17, 15) is 0 Å². The maximum Gasteiger partial charge on any atom is 0.0697 e. The fourth-order valence-corrected chi connectivity index (χ4v) is 1.01. The number of nitrogens with zero attached hydrogens (tertiary/aromatic N) is 1. The Hall–Kier alpha value is -0.600. The highest BCUT2D eigenvalue weighted by Gasteiger charge is 1.99. The molecule has 0 spiro atoms. The maximum absolute atomic E-state index is 8.83. The van der Waals surface area contributed by atoms with Gasteiger partial charge in [-0.1, -0.05) is 18.5 Å². The molecule has 0 radical (unpaired) electrons. The Morgan fingerprint density at radius 2 is 2.36 bits per heavy atom. The van der Waals surface area contributed by atoms with Gasteiger partial charge in [0.25, 0.3) is 0 Å². The fraction of sp³-hybridized carbons (Fsp3) is 0.375. The zero-order valence-electron chi connectivity index (χ0n) is 6.34. The monoisotopic (exact) mass is 171 g/mol. The van der Waals surface area contributed by atoms with Crippen molar-refractivity contribution in [1.29, 1.82) is 0 Å². The lowest BCUT2D eigenvalue weighted by Crippen LogP contribution is -1.91. The molecule has 0 amide bonds. The van der Waals surface area contributed by atoms with Gasteiger partial charge in [-0.2, -0.15) is 0 Å². The molecule has 1 rings (SSSR count). The highest BCUT2D eigenvalue weighted by atomic mass is 35.5. The number of aromatic nitrogens is 1. The summed E-state index contributed by atoms with van der Waals surface area (Å²) in [6.07, 6.45) is 2.44. The lowest BCUT2D eigenvalue weighted by molar-refractivity contribution is 0.281. The second-order valence-electron chi connectivity index (χ2n) is 2.28. The van der Waals surface area contributed by atoms with Gasteiger partial charge in [-0.15, -0.1) is 0 Å². The van der Waals surface area contributed by atoms with Gasteiger partial charge in [0.05, 0.1) is 11.6 Å². The van der Waals surface area contributed by atoms with Gasteiger partial charge >= 0.3 is 0 Å². The van der Waals surface area contributed by atoms with Crippen molar-refractivity contribution in [1.82, 2.24) is 4.98 Å². The summed E-state index contributed by atoms with van der Waals surface area (Å²) in [4.78, 5) is 4.06. The summed E-state index contributed by atoms with van der Waals surface area (Å²) < 4.78 is 0. The van der Waals surface area contributed by atoms with Crippen LogP contribution >= 0.6 is 11.6 Å². The Kier molecular flexibility index (Phi) is 2.85. The first-order chi connectivity index (χ1) is 5.27. The van der Waals surface area contributed by atoms with Crippen molar-refractivity contribution >= 4 is 11.6 Å². The number of pyridine rings is 1. The van der Waals surface area contributed by atoms with E-state index in [1.165, 1.54) is 0 Å². The zero-order chi connectivity index (χ0) is 8.27. The molecule has 1 N–H and O–H groups in total. The summed E-state index contributed by atoms with van der Waals surface area (Å²) in [7, 11) is 0. The second-order valence-corrected chi connectivity index (χ2v) is 2.69. The van der Waals surface area contributed by atoms with E-state index in [4.69, 9.17) is 16.7 Å². The van der Waals surface area contributed by atoms with Crippen molar-refractivity contribution in [3.05, 3.63) is 28.5 Å². The van der Waals surface area contributed by atoms with Crippen LogP contribution in [0.25, 0.3) is 0 Å². The number of hydrogen-bond donors (Lipinski definition) is 1. The van der Waals surface area contributed by atoms with Gasteiger partial charge in [0.1, 0.15) is 0 Å². The molecule has 0 fully saturated rings. The summed E-state index contributed by atoms with van der Waals surface area (Å²) in [5.41, 5.74) is 1.71. The highest BCUT2D eigenvalue weighted by molar-refractivity contribution is 6.31. The minimum atomic E-state index is -0.0195. The van der Waals surface area contributed by atoms with Gasteiger partial charge in [0.15, 0.2) is 0 Å². The van der Waals surface area contributed by atoms with Gasteiger partial charge in [-0.3, -0.25) is 4.98 Å². The third-order valence-corrected chi connectivity index (χ3v) is 1.86. The first-order valence-corrected chi connectivity index (χ1v) is 3.90. The summed E-state index contributed by atoms with van der Waals surface area (Å²) in [5.74, 6) is 0. The van der Waals surface area contributed by atoms with Crippen LogP contribution in [0.3, 0.4) is 0 Å². The van der Waals surface area contributed by atoms with E-state index in [0.29, 0.717) is 5.02 Å². The van der Waals surface area contributed by atoms with Crippen LogP contribution in [0.4, 0.5) is 0 Å². The van der Waals surface area contributed by atoms with Crippen LogP contribution in [0.1, 0.15) is 18.2 Å². The number of aryl methyl sites for hydroxylation is 1. The molecule has 0 aromatic carbocycles. The Labute approximate surface area is 70.8 Å². The minimum Gasteiger partial charge on any atom is -0.392 e. The molecule has 0 unspecified atom stereocenters. The zero-order valence-corrected chi connectivity index (χ0v) is 7.10. The minimum absolute atomic E-state index is 0.0195. The van der Waals surface area contributed by atoms with E-state index in [-0.39, 0.29) is 6.61 Å². The number of halogens is 1. The average molecular weight is 172 g/mol. The average Bonchev–Trinajstić information content (AvgIpc) is 2.05. The number of hydrogen-bond acceptors (Lipinski definition) is 2. The van der Waals surface area contributed by atoms with Crippen molar-refractivity contribution in [2.75, 3.05) is 0 Å². The lowest BCUT2D eigenvalue weighted by atomic mass is 10.2. The van der Waals surface area contributed by atoms with Gasteiger partial charge in [-0.25, -0.2) is 0 Å². The number of rotatable bonds is 2. The van der Waals surface area contributed by atoms with Gasteiger partial charge in [0.2, 0.25) is 0 Å². The molecule has 0 aliphatic rings. The third kappa shape index (κ3) is 1.91. The van der Waals surface area contributed by atoms with Crippen molar-refractivity contribution in [3.8, 4) is 0 Å². The standard InChI is InChI=1S/C8H10ClNO/c1-2-7-3-6(5-11)8(9)4-10-7/h3-4,11H,2,5H2,1H3. The van der Waals surface area contributed by atoms with Gasteiger partial charge in [-0.05, 0) is 18.1 Å². The number of aliphatic hydroxyl groups is 1. The maximum atomic E-state index is 8.83. The third-order valence-electron chi connectivity index (χ3n) is 1.52. The van der Waals surface area contributed by atoms with Crippen LogP contribution in [0, 0.1) is 0 Å². The fourth-order valence-electron chi connectivity index (χ4n) is 0.844. The molecule has 0 aliphatic carbocycles. The molecule has 2 nitrogen and oxygen atoms in total. The molecule has 3 heteroatoms. The Bertz CT molecular complexity index is 250. The SMILES string of the molecule is CCc1cc(CO)c(Cl)cn1. The predicted octanol–water partition coefficient (Wildman–Crippen LogP) is 1.79. The van der Waals surface area contributed by atoms with Gasteiger partial charge < -0.3 is 5.11 Å². The van der Waals surface area contributed by atoms with E-state index >= 15 is 0 Å². The molecular formula is C8H10ClNO. The second kappa shape index (κ2) is 3.69. The summed E-state index contributed by atoms with van der Waals surface area (Å²) >= 11 is 5.73. The topological polar surface area (TPSA) is 33.1 Å². The molecule has 0 atom stereocenters. The molecule has 0 aliphatic heterocycles.